The SMILES string of the molecule is COCCOCCOc1nn(C2CCC([C@@]3(C)CNC[C@@H](C)O3)CC2)cc1Nc1ncc(-c2ccc(Cl)c(OC(C)Cn3cnnn3)c2)cn1. The topological polar surface area (TPSA) is 157 Å². The van der Waals surface area contributed by atoms with Gasteiger partial charge in [0.25, 0.3) is 5.88 Å². The highest BCUT2D eigenvalue weighted by Crippen LogP contribution is 2.41. The lowest BCUT2D eigenvalue weighted by atomic mass is 9.75. The van der Waals surface area contributed by atoms with Gasteiger partial charge >= 0.3 is 0 Å². The van der Waals surface area contributed by atoms with Gasteiger partial charge in [-0.2, -0.15) is 0 Å². The standard InChI is InChI=1S/C34H47ClN10O5/c1-23-16-36-21-34(3,50-23)27-6-8-28(9-7-27)45-20-30(32(41-45)48-14-13-47-12-11-46-4)40-33-37-17-26(18-38-33)25-5-10-29(35)31(15-25)49-24(2)19-44-22-39-42-43-44/h5,10,15,17-18,20,22-24,27-28,36H,6-9,11-14,16,19,21H2,1-4H3,(H,37,38,40)/t23-,24?,27?,28?,34-/m1/s1. The van der Waals surface area contributed by atoms with Crippen molar-refractivity contribution in [2.24, 2.45) is 5.92 Å². The molecule has 3 aromatic heterocycles. The normalized spacial score (nSPS) is 23.0. The molecule has 4 heterocycles. The van der Waals surface area contributed by atoms with Crippen LogP contribution in [-0.4, -0.2) is 104 Å². The smallest absolute Gasteiger partial charge is 0.257 e. The minimum atomic E-state index is -0.214. The summed E-state index contributed by atoms with van der Waals surface area (Å²) in [7, 11) is 1.65. The number of nitrogens with zero attached hydrogens (tertiary/aromatic N) is 8. The largest absolute Gasteiger partial charge is 0.487 e. The molecule has 1 aliphatic carbocycles. The van der Waals surface area contributed by atoms with Crippen LogP contribution in [-0.2, 0) is 20.8 Å². The molecule has 0 bridgehead atoms. The fraction of sp³-hybridized carbons (Fsp3) is 0.588. The molecule has 6 rings (SSSR count). The van der Waals surface area contributed by atoms with E-state index in [1.807, 2.05) is 29.9 Å². The van der Waals surface area contributed by atoms with Crippen molar-refractivity contribution in [2.45, 2.75) is 76.9 Å². The van der Waals surface area contributed by atoms with Gasteiger partial charge in [0.1, 0.15) is 30.5 Å². The third kappa shape index (κ3) is 9.26. The van der Waals surface area contributed by atoms with Crippen molar-refractivity contribution >= 4 is 23.2 Å². The Morgan fingerprint density at radius 1 is 1.10 bits per heavy atom. The predicted octanol–water partition coefficient (Wildman–Crippen LogP) is 4.73. The van der Waals surface area contributed by atoms with Crippen LogP contribution in [0.15, 0.2) is 43.1 Å². The summed E-state index contributed by atoms with van der Waals surface area (Å²) in [6.07, 6.45) is 11.2. The second-order valence-electron chi connectivity index (χ2n) is 13.2. The van der Waals surface area contributed by atoms with Crippen molar-refractivity contribution in [1.29, 1.82) is 0 Å². The molecule has 1 saturated carbocycles. The molecule has 0 spiro atoms. The Balaban J connectivity index is 1.12. The van der Waals surface area contributed by atoms with Crippen LogP contribution in [0.4, 0.5) is 11.6 Å². The Morgan fingerprint density at radius 3 is 2.64 bits per heavy atom. The van der Waals surface area contributed by atoms with Gasteiger partial charge in [0.15, 0.2) is 0 Å². The van der Waals surface area contributed by atoms with Crippen LogP contribution in [0, 0.1) is 5.92 Å². The number of halogens is 1. The molecular weight excluding hydrogens is 664 g/mol. The van der Waals surface area contributed by atoms with Crippen molar-refractivity contribution in [2.75, 3.05) is 51.9 Å². The van der Waals surface area contributed by atoms with Gasteiger partial charge in [0.05, 0.1) is 55.3 Å². The molecule has 50 heavy (non-hydrogen) atoms. The van der Waals surface area contributed by atoms with Gasteiger partial charge in [0, 0.05) is 38.2 Å². The minimum absolute atomic E-state index is 0.143. The second kappa shape index (κ2) is 16.9. The molecule has 4 aromatic rings. The summed E-state index contributed by atoms with van der Waals surface area (Å²) in [6.45, 7) is 10.4. The Labute approximate surface area is 297 Å². The summed E-state index contributed by atoms with van der Waals surface area (Å²) >= 11 is 6.47. The zero-order valence-corrected chi connectivity index (χ0v) is 29.9. The van der Waals surface area contributed by atoms with Crippen molar-refractivity contribution in [3.63, 3.8) is 0 Å². The van der Waals surface area contributed by atoms with Gasteiger partial charge in [-0.3, -0.25) is 4.68 Å². The maximum absolute atomic E-state index is 6.47. The van der Waals surface area contributed by atoms with Gasteiger partial charge in [-0.15, -0.1) is 10.2 Å². The van der Waals surface area contributed by atoms with Crippen molar-refractivity contribution < 1.29 is 23.7 Å². The number of hydrogen-bond donors (Lipinski definition) is 2. The third-order valence-corrected chi connectivity index (χ3v) is 9.55. The Kier molecular flexibility index (Phi) is 12.1. The number of ether oxygens (including phenoxy) is 5. The molecule has 2 N–H and O–H groups in total. The van der Waals surface area contributed by atoms with E-state index in [0.717, 1.165) is 49.9 Å². The highest BCUT2D eigenvalue weighted by Gasteiger charge is 2.41. The Hall–Kier alpha value is -3.89. The van der Waals surface area contributed by atoms with Gasteiger partial charge in [-0.1, -0.05) is 17.7 Å². The summed E-state index contributed by atoms with van der Waals surface area (Å²) in [4.78, 5) is 9.22. The van der Waals surface area contributed by atoms with Crippen LogP contribution in [0.1, 0.15) is 52.5 Å². The number of hydrogen-bond acceptors (Lipinski definition) is 13. The molecule has 1 aliphatic heterocycles. The number of methoxy groups -OCH3 is 1. The molecular formula is C34H47ClN10O5. The Morgan fingerprint density at radius 2 is 1.90 bits per heavy atom. The first-order valence-electron chi connectivity index (χ1n) is 17.2. The molecule has 2 fully saturated rings. The Bertz CT molecular complexity index is 1630. The van der Waals surface area contributed by atoms with Crippen LogP contribution in [0.2, 0.25) is 5.02 Å². The maximum Gasteiger partial charge on any atom is 0.257 e. The molecule has 16 heteroatoms. The summed E-state index contributed by atoms with van der Waals surface area (Å²) < 4.78 is 32.9. The van der Waals surface area contributed by atoms with Crippen molar-refractivity contribution in [3.05, 3.63) is 48.1 Å². The van der Waals surface area contributed by atoms with Crippen LogP contribution in [0.25, 0.3) is 11.1 Å². The highest BCUT2D eigenvalue weighted by atomic mass is 35.5. The van der Waals surface area contributed by atoms with Gasteiger partial charge in [-0.25, -0.2) is 14.6 Å². The fourth-order valence-corrected chi connectivity index (χ4v) is 6.83. The van der Waals surface area contributed by atoms with Crippen molar-refractivity contribution in [1.82, 2.24) is 45.3 Å². The van der Waals surface area contributed by atoms with E-state index in [1.165, 1.54) is 0 Å². The quantitative estimate of drug-likeness (QED) is 0.154. The first-order valence-corrected chi connectivity index (χ1v) is 17.6. The fourth-order valence-electron chi connectivity index (χ4n) is 6.67. The van der Waals surface area contributed by atoms with E-state index < -0.39 is 0 Å². The van der Waals surface area contributed by atoms with Crippen LogP contribution in [0.3, 0.4) is 0 Å². The van der Waals surface area contributed by atoms with E-state index in [9.17, 15) is 0 Å². The van der Waals surface area contributed by atoms with E-state index in [4.69, 9.17) is 40.4 Å². The minimum Gasteiger partial charge on any atom is -0.487 e. The van der Waals surface area contributed by atoms with E-state index in [-0.39, 0.29) is 23.9 Å². The molecule has 0 amide bonds. The summed E-state index contributed by atoms with van der Waals surface area (Å²) in [5, 5.41) is 23.5. The predicted molar refractivity (Wildman–Crippen MR) is 187 cm³/mol. The first kappa shape index (κ1) is 35.9. The number of aromatic nitrogens is 8. The van der Waals surface area contributed by atoms with Gasteiger partial charge in [0.2, 0.25) is 5.95 Å². The molecule has 3 atom stereocenters. The lowest BCUT2D eigenvalue weighted by Crippen LogP contribution is -2.55. The molecule has 15 nitrogen and oxygen atoms in total. The number of benzene rings is 1. The first-order chi connectivity index (χ1) is 24.3. The van der Waals surface area contributed by atoms with Crippen LogP contribution in [0.5, 0.6) is 11.6 Å². The lowest BCUT2D eigenvalue weighted by molar-refractivity contribution is -0.138. The average molecular weight is 711 g/mol. The van der Waals surface area contributed by atoms with E-state index in [2.05, 4.69) is 50.0 Å². The number of nitrogens with one attached hydrogen (secondary N) is 2. The zero-order valence-electron chi connectivity index (χ0n) is 29.1. The second-order valence-corrected chi connectivity index (χ2v) is 13.6. The number of rotatable bonds is 16. The van der Waals surface area contributed by atoms with Gasteiger partial charge in [-0.05, 0) is 80.5 Å². The molecule has 1 saturated heterocycles. The van der Waals surface area contributed by atoms with Gasteiger partial charge < -0.3 is 34.3 Å². The molecule has 1 aromatic carbocycles. The van der Waals surface area contributed by atoms with Crippen LogP contribution < -0.4 is 20.1 Å². The lowest BCUT2D eigenvalue weighted by Gasteiger charge is -2.46. The molecule has 270 valence electrons. The summed E-state index contributed by atoms with van der Waals surface area (Å²) in [5.41, 5.74) is 2.22. The maximum atomic E-state index is 6.47. The summed E-state index contributed by atoms with van der Waals surface area (Å²) in [5.74, 6) is 1.94. The third-order valence-electron chi connectivity index (χ3n) is 9.24. The van der Waals surface area contributed by atoms with E-state index in [0.29, 0.717) is 67.2 Å². The monoisotopic (exact) mass is 710 g/mol. The highest BCUT2D eigenvalue weighted by molar-refractivity contribution is 6.32. The van der Waals surface area contributed by atoms with E-state index >= 15 is 0 Å². The summed E-state index contributed by atoms with van der Waals surface area (Å²) in [6, 6.07) is 5.83. The average Bonchev–Trinajstić information content (AvgIpc) is 3.77. The number of morpholine rings is 1. The van der Waals surface area contributed by atoms with Crippen molar-refractivity contribution in [3.8, 4) is 22.8 Å². The molecule has 1 unspecified atom stereocenters. The number of tetrazole rings is 1. The number of anilines is 2. The molecule has 0 radical (unpaired) electrons. The van der Waals surface area contributed by atoms with Crippen LogP contribution >= 0.6 is 11.6 Å². The van der Waals surface area contributed by atoms with E-state index in [1.54, 1.807) is 36.6 Å². The molecule has 2 aliphatic rings. The zero-order chi connectivity index (χ0) is 34.9.